The molecule has 11 heteroatoms. The van der Waals surface area contributed by atoms with Crippen LogP contribution in [0, 0.1) is 0 Å². The van der Waals surface area contributed by atoms with Gasteiger partial charge in [0.05, 0.1) is 16.7 Å². The summed E-state index contributed by atoms with van der Waals surface area (Å²) in [5.74, 6) is 1.26. The summed E-state index contributed by atoms with van der Waals surface area (Å²) in [4.78, 5) is 16.3. The summed E-state index contributed by atoms with van der Waals surface area (Å²) in [5.41, 5.74) is 9.04. The minimum atomic E-state index is -3.21. The standard InChI is InChI=1S/C23H30N8O2S/c1-34(32,33)19-5-3-17(4-6-19)20(15-29-7-2-8-29)30-9-11-31(12-10-30)23-21(18-13-27-28-14-18)22(24)25-16-26-23/h3-6,13-14,16,20H,2,7-12,15H2,1H3,(H,27,28)(H2,24,25,26)/t20-/m0/s1. The van der Waals surface area contributed by atoms with Crippen LogP contribution in [0.3, 0.4) is 0 Å². The Labute approximate surface area is 199 Å². The Morgan fingerprint density at radius 3 is 2.38 bits per heavy atom. The number of aromatic amines is 1. The first-order chi connectivity index (χ1) is 16.4. The van der Waals surface area contributed by atoms with Gasteiger partial charge in [0.1, 0.15) is 18.0 Å². The third-order valence-corrected chi connectivity index (χ3v) is 7.90. The van der Waals surface area contributed by atoms with Crippen molar-refractivity contribution in [3.8, 4) is 11.1 Å². The quantitative estimate of drug-likeness (QED) is 0.514. The molecule has 34 heavy (non-hydrogen) atoms. The Hall–Kier alpha value is -3.02. The molecule has 0 radical (unpaired) electrons. The Morgan fingerprint density at radius 2 is 1.79 bits per heavy atom. The highest BCUT2D eigenvalue weighted by Crippen LogP contribution is 2.34. The van der Waals surface area contributed by atoms with E-state index in [1.165, 1.54) is 19.0 Å². The molecule has 2 fully saturated rings. The number of hydrogen-bond donors (Lipinski definition) is 2. The lowest BCUT2D eigenvalue weighted by molar-refractivity contribution is 0.0966. The van der Waals surface area contributed by atoms with Crippen LogP contribution in [0.1, 0.15) is 18.0 Å². The second kappa shape index (κ2) is 9.32. The number of likely N-dealkylation sites (tertiary alicyclic amines) is 1. The normalized spacial score (nSPS) is 18.6. The Morgan fingerprint density at radius 1 is 1.06 bits per heavy atom. The molecule has 0 unspecified atom stereocenters. The fraction of sp³-hybridized carbons (Fsp3) is 0.435. The van der Waals surface area contributed by atoms with E-state index in [2.05, 4.69) is 34.9 Å². The number of nitrogens with one attached hydrogen (secondary N) is 1. The number of nitrogens with zero attached hydrogens (tertiary/aromatic N) is 6. The Balaban J connectivity index is 1.35. The van der Waals surface area contributed by atoms with Crippen LogP contribution in [0.25, 0.3) is 11.1 Å². The molecule has 0 bridgehead atoms. The largest absolute Gasteiger partial charge is 0.383 e. The maximum absolute atomic E-state index is 11.9. The maximum Gasteiger partial charge on any atom is 0.175 e. The zero-order valence-electron chi connectivity index (χ0n) is 19.3. The fourth-order valence-corrected chi connectivity index (χ4v) is 5.35. The van der Waals surface area contributed by atoms with Gasteiger partial charge in [-0.1, -0.05) is 12.1 Å². The summed E-state index contributed by atoms with van der Waals surface area (Å²) in [6.45, 7) is 6.51. The fourth-order valence-electron chi connectivity index (χ4n) is 4.72. The molecule has 0 aliphatic carbocycles. The topological polar surface area (TPSA) is 124 Å². The van der Waals surface area contributed by atoms with Crippen molar-refractivity contribution in [2.24, 2.45) is 0 Å². The van der Waals surface area contributed by atoms with Gasteiger partial charge < -0.3 is 15.5 Å². The number of piperazine rings is 1. The molecule has 0 amide bonds. The number of hydrogen-bond acceptors (Lipinski definition) is 9. The van der Waals surface area contributed by atoms with Crippen molar-refractivity contribution in [1.82, 2.24) is 30.0 Å². The van der Waals surface area contributed by atoms with Crippen molar-refractivity contribution in [1.29, 1.82) is 0 Å². The number of rotatable bonds is 7. The number of sulfone groups is 1. The number of aromatic nitrogens is 4. The van der Waals surface area contributed by atoms with E-state index in [9.17, 15) is 8.42 Å². The minimum Gasteiger partial charge on any atom is -0.383 e. The molecule has 3 N–H and O–H groups in total. The van der Waals surface area contributed by atoms with Crippen LogP contribution in [-0.4, -0.2) is 90.5 Å². The molecule has 3 aromatic rings. The second-order valence-corrected chi connectivity index (χ2v) is 11.0. The van der Waals surface area contributed by atoms with Crippen LogP contribution in [0.5, 0.6) is 0 Å². The summed E-state index contributed by atoms with van der Waals surface area (Å²) in [7, 11) is -3.21. The van der Waals surface area contributed by atoms with Crippen LogP contribution in [0.4, 0.5) is 11.6 Å². The Kier molecular flexibility index (Phi) is 6.24. The smallest absolute Gasteiger partial charge is 0.175 e. The summed E-state index contributed by atoms with van der Waals surface area (Å²) < 4.78 is 23.8. The first-order valence-electron chi connectivity index (χ1n) is 11.5. The molecule has 1 aromatic carbocycles. The Bertz CT molecular complexity index is 1220. The van der Waals surface area contributed by atoms with Gasteiger partial charge in [-0.25, -0.2) is 18.4 Å². The zero-order chi connectivity index (χ0) is 23.7. The number of nitrogens with two attached hydrogens (primary N) is 1. The third kappa shape index (κ3) is 4.63. The lowest BCUT2D eigenvalue weighted by Gasteiger charge is -2.43. The predicted octanol–water partition coefficient (Wildman–Crippen LogP) is 1.42. The highest BCUT2D eigenvalue weighted by Gasteiger charge is 2.30. The van der Waals surface area contributed by atoms with Crippen molar-refractivity contribution in [3.63, 3.8) is 0 Å². The van der Waals surface area contributed by atoms with E-state index >= 15 is 0 Å². The molecule has 2 saturated heterocycles. The number of benzene rings is 1. The highest BCUT2D eigenvalue weighted by atomic mass is 32.2. The predicted molar refractivity (Wildman–Crippen MR) is 131 cm³/mol. The van der Waals surface area contributed by atoms with Gasteiger partial charge in [0, 0.05) is 56.8 Å². The van der Waals surface area contributed by atoms with Gasteiger partial charge in [-0.2, -0.15) is 5.10 Å². The molecule has 2 aromatic heterocycles. The molecule has 4 heterocycles. The van der Waals surface area contributed by atoms with Crippen molar-refractivity contribution in [2.75, 3.05) is 62.7 Å². The van der Waals surface area contributed by atoms with Crippen molar-refractivity contribution >= 4 is 21.5 Å². The number of anilines is 2. The van der Waals surface area contributed by atoms with Crippen LogP contribution in [0.2, 0.25) is 0 Å². The van der Waals surface area contributed by atoms with Crippen LogP contribution < -0.4 is 10.6 Å². The SMILES string of the molecule is CS(=O)(=O)c1ccc([C@H](CN2CCC2)N2CCN(c3ncnc(N)c3-c3cn[nH]c3)CC2)cc1. The first kappa shape index (κ1) is 22.8. The van der Waals surface area contributed by atoms with Crippen LogP contribution in [0.15, 0.2) is 47.9 Å². The molecule has 0 spiro atoms. The molecule has 2 aliphatic heterocycles. The average Bonchev–Trinajstić information content (AvgIpc) is 3.32. The number of H-pyrrole nitrogens is 1. The second-order valence-electron chi connectivity index (χ2n) is 8.98. The van der Waals surface area contributed by atoms with E-state index < -0.39 is 9.84 Å². The molecule has 10 nitrogen and oxygen atoms in total. The first-order valence-corrected chi connectivity index (χ1v) is 13.4. The van der Waals surface area contributed by atoms with Gasteiger partial charge in [-0.05, 0) is 37.2 Å². The summed E-state index contributed by atoms with van der Waals surface area (Å²) in [6.07, 6.45) is 7.53. The van der Waals surface area contributed by atoms with E-state index in [1.807, 2.05) is 12.1 Å². The summed E-state index contributed by atoms with van der Waals surface area (Å²) >= 11 is 0. The number of nitrogen functional groups attached to an aromatic ring is 1. The molecule has 0 saturated carbocycles. The summed E-state index contributed by atoms with van der Waals surface area (Å²) in [6, 6.07) is 7.60. The van der Waals surface area contributed by atoms with E-state index in [0.29, 0.717) is 10.7 Å². The van der Waals surface area contributed by atoms with Gasteiger partial charge >= 0.3 is 0 Å². The molecular formula is C23H30N8O2S. The van der Waals surface area contributed by atoms with Crippen molar-refractivity contribution < 1.29 is 8.42 Å². The molecule has 180 valence electrons. The van der Waals surface area contributed by atoms with E-state index in [1.54, 1.807) is 24.5 Å². The maximum atomic E-state index is 11.9. The van der Waals surface area contributed by atoms with E-state index in [-0.39, 0.29) is 6.04 Å². The molecule has 1 atom stereocenters. The molecule has 5 rings (SSSR count). The van der Waals surface area contributed by atoms with E-state index in [0.717, 1.165) is 68.3 Å². The monoisotopic (exact) mass is 482 g/mol. The highest BCUT2D eigenvalue weighted by molar-refractivity contribution is 7.90. The zero-order valence-corrected chi connectivity index (χ0v) is 20.1. The van der Waals surface area contributed by atoms with Gasteiger partial charge in [-0.15, -0.1) is 0 Å². The molecule has 2 aliphatic rings. The van der Waals surface area contributed by atoms with Crippen LogP contribution in [-0.2, 0) is 9.84 Å². The van der Waals surface area contributed by atoms with Crippen LogP contribution >= 0.6 is 0 Å². The minimum absolute atomic E-state index is 0.208. The summed E-state index contributed by atoms with van der Waals surface area (Å²) in [5, 5.41) is 6.89. The molecular weight excluding hydrogens is 452 g/mol. The van der Waals surface area contributed by atoms with Gasteiger partial charge in [0.15, 0.2) is 9.84 Å². The van der Waals surface area contributed by atoms with Gasteiger partial charge in [0.2, 0.25) is 0 Å². The average molecular weight is 483 g/mol. The lowest BCUT2D eigenvalue weighted by atomic mass is 10.0. The van der Waals surface area contributed by atoms with Crippen molar-refractivity contribution in [3.05, 3.63) is 48.5 Å². The van der Waals surface area contributed by atoms with Gasteiger partial charge in [0.25, 0.3) is 0 Å². The lowest BCUT2D eigenvalue weighted by Crippen LogP contribution is -2.51. The van der Waals surface area contributed by atoms with E-state index in [4.69, 9.17) is 5.73 Å². The third-order valence-electron chi connectivity index (χ3n) is 6.77. The van der Waals surface area contributed by atoms with Gasteiger partial charge in [-0.3, -0.25) is 10.00 Å². The van der Waals surface area contributed by atoms with Crippen molar-refractivity contribution in [2.45, 2.75) is 17.4 Å².